The van der Waals surface area contributed by atoms with Gasteiger partial charge in [0.05, 0.1) is 24.4 Å². The Morgan fingerprint density at radius 2 is 0.675 bits per heavy atom. The van der Waals surface area contributed by atoms with E-state index < -0.39 is 15.6 Å². The Bertz CT molecular complexity index is 868. The second kappa shape index (κ2) is 15.0. The molecule has 4 aliphatic rings. The first-order chi connectivity index (χ1) is 19.5. The highest BCUT2D eigenvalue weighted by atomic mass is 31.2. The fourth-order valence-corrected chi connectivity index (χ4v) is 9.75. The van der Waals surface area contributed by atoms with Crippen LogP contribution in [0.1, 0.15) is 128 Å². The molecule has 226 valence electrons. The van der Waals surface area contributed by atoms with Gasteiger partial charge in [0.1, 0.15) is 0 Å². The van der Waals surface area contributed by atoms with Crippen LogP contribution in [0.4, 0.5) is 0 Å². The largest absolute Gasteiger partial charge is 0.530 e. The zero-order valence-corrected chi connectivity index (χ0v) is 25.7. The summed E-state index contributed by atoms with van der Waals surface area (Å²) in [6.45, 7) is 0. The summed E-state index contributed by atoms with van der Waals surface area (Å²) in [5.74, 6) is 0.328. The van der Waals surface area contributed by atoms with Crippen molar-refractivity contribution >= 4 is 15.6 Å². The number of benzene rings is 1. The molecule has 0 aromatic heterocycles. The van der Waals surface area contributed by atoms with Gasteiger partial charge in [-0.15, -0.1) is 0 Å². The number of rotatable bonds is 12. The molecule has 0 heterocycles. The Kier molecular flexibility index (Phi) is 11.5. The van der Waals surface area contributed by atoms with E-state index in [0.717, 1.165) is 128 Å². The van der Waals surface area contributed by atoms with Crippen LogP contribution in [0.3, 0.4) is 0 Å². The van der Waals surface area contributed by atoms with E-state index in [9.17, 15) is 9.13 Å². The molecule has 0 unspecified atom stereocenters. The predicted molar refractivity (Wildman–Crippen MR) is 155 cm³/mol. The standard InChI is InChI=1S/C30H48O8P2/c31-39(33-25-15-5-1-6-16-25,34-26-17-7-2-8-18-26)37-29-23-13-14-24-30(29)38-40(32,35-27-19-9-3-10-20-27)36-28-21-11-4-12-22-28/h13-14,23-28H,1-12,15-22H2. The quantitative estimate of drug-likeness (QED) is 0.220. The van der Waals surface area contributed by atoms with Crippen LogP contribution in [-0.4, -0.2) is 24.4 Å². The van der Waals surface area contributed by atoms with E-state index >= 15 is 0 Å². The molecule has 4 aliphatic carbocycles. The molecule has 0 atom stereocenters. The van der Waals surface area contributed by atoms with Gasteiger partial charge in [-0.1, -0.05) is 89.2 Å². The van der Waals surface area contributed by atoms with Crippen molar-refractivity contribution in [2.24, 2.45) is 0 Å². The SMILES string of the molecule is O=P(Oc1ccccc1OP(=O)(OC1CCCCC1)OC1CCCCC1)(OC1CCCCC1)OC1CCCCC1. The first-order valence-electron chi connectivity index (χ1n) is 15.9. The van der Waals surface area contributed by atoms with Gasteiger partial charge in [0.2, 0.25) is 0 Å². The smallest absolute Gasteiger partial charge is 0.400 e. The molecule has 10 heteroatoms. The molecule has 40 heavy (non-hydrogen) atoms. The fraction of sp³-hybridized carbons (Fsp3) is 0.800. The Labute approximate surface area is 240 Å². The van der Waals surface area contributed by atoms with Gasteiger partial charge in [0.15, 0.2) is 11.5 Å². The van der Waals surface area contributed by atoms with Crippen LogP contribution in [0.25, 0.3) is 0 Å². The molecule has 5 rings (SSSR count). The zero-order chi connectivity index (χ0) is 27.7. The molecule has 1 aromatic carbocycles. The summed E-state index contributed by atoms with van der Waals surface area (Å²) in [7, 11) is -7.98. The van der Waals surface area contributed by atoms with Gasteiger partial charge in [-0.25, -0.2) is 9.13 Å². The first-order valence-corrected chi connectivity index (χ1v) is 18.8. The van der Waals surface area contributed by atoms with Crippen molar-refractivity contribution in [3.05, 3.63) is 24.3 Å². The molecule has 0 spiro atoms. The number of hydrogen-bond donors (Lipinski definition) is 0. The summed E-state index contributed by atoms with van der Waals surface area (Å²) in [5.41, 5.74) is 0. The van der Waals surface area contributed by atoms with Crippen LogP contribution in [0.2, 0.25) is 0 Å². The van der Waals surface area contributed by atoms with Gasteiger partial charge in [0, 0.05) is 0 Å². The Balaban J connectivity index is 1.35. The summed E-state index contributed by atoms with van der Waals surface area (Å²) in [6, 6.07) is 6.84. The lowest BCUT2D eigenvalue weighted by Crippen LogP contribution is -2.23. The average Bonchev–Trinajstić information content (AvgIpc) is 2.96. The van der Waals surface area contributed by atoms with Gasteiger partial charge in [-0.05, 0) is 63.5 Å². The molecule has 8 nitrogen and oxygen atoms in total. The van der Waals surface area contributed by atoms with Gasteiger partial charge >= 0.3 is 15.6 Å². The molecule has 0 radical (unpaired) electrons. The monoisotopic (exact) mass is 598 g/mol. The second-order valence-corrected chi connectivity index (χ2v) is 15.0. The minimum absolute atomic E-state index is 0.164. The van der Waals surface area contributed by atoms with Crippen LogP contribution in [-0.2, 0) is 27.2 Å². The first kappa shape index (κ1) is 30.6. The Hall–Kier alpha value is -0.880. The van der Waals surface area contributed by atoms with Gasteiger partial charge in [0.25, 0.3) is 0 Å². The maximum atomic E-state index is 14.2. The topological polar surface area (TPSA) is 89.5 Å². The summed E-state index contributed by atoms with van der Waals surface area (Å²) >= 11 is 0. The number of para-hydroxylation sites is 2. The number of phosphoric ester groups is 2. The fourth-order valence-electron chi connectivity index (χ4n) is 6.39. The van der Waals surface area contributed by atoms with E-state index in [1.807, 2.05) is 0 Å². The van der Waals surface area contributed by atoms with E-state index in [-0.39, 0.29) is 35.9 Å². The van der Waals surface area contributed by atoms with Crippen LogP contribution in [0.5, 0.6) is 11.5 Å². The Morgan fingerprint density at radius 1 is 0.425 bits per heavy atom. The predicted octanol–water partition coefficient (Wildman–Crippen LogP) is 10.1. The minimum atomic E-state index is -3.99. The number of hydrogen-bond acceptors (Lipinski definition) is 8. The van der Waals surface area contributed by atoms with E-state index in [4.69, 9.17) is 27.1 Å². The summed E-state index contributed by atoms with van der Waals surface area (Å²) in [6.07, 6.45) is 18.9. The molecule has 4 saturated carbocycles. The van der Waals surface area contributed by atoms with Crippen molar-refractivity contribution in [3.8, 4) is 11.5 Å². The van der Waals surface area contributed by atoms with Crippen LogP contribution < -0.4 is 9.05 Å². The molecule has 1 aromatic rings. The molecule has 0 N–H and O–H groups in total. The lowest BCUT2D eigenvalue weighted by Gasteiger charge is -2.32. The molecule has 0 saturated heterocycles. The zero-order valence-electron chi connectivity index (χ0n) is 23.9. The van der Waals surface area contributed by atoms with Crippen molar-refractivity contribution in [1.82, 2.24) is 0 Å². The summed E-state index contributed by atoms with van der Waals surface area (Å²) < 4.78 is 65.2. The van der Waals surface area contributed by atoms with E-state index in [1.165, 1.54) is 0 Å². The highest BCUT2D eigenvalue weighted by molar-refractivity contribution is 7.49. The molecular formula is C30H48O8P2. The lowest BCUT2D eigenvalue weighted by molar-refractivity contribution is 0.0463. The maximum absolute atomic E-state index is 14.2. The lowest BCUT2D eigenvalue weighted by atomic mass is 9.98. The van der Waals surface area contributed by atoms with Crippen LogP contribution in [0, 0.1) is 0 Å². The van der Waals surface area contributed by atoms with E-state index in [1.54, 1.807) is 24.3 Å². The average molecular weight is 599 g/mol. The van der Waals surface area contributed by atoms with Crippen molar-refractivity contribution in [1.29, 1.82) is 0 Å². The molecule has 4 fully saturated rings. The normalized spacial score (nSPS) is 23.2. The Morgan fingerprint density at radius 3 is 0.925 bits per heavy atom. The molecule has 0 bridgehead atoms. The summed E-state index contributed by atoms with van der Waals surface area (Å²) in [5, 5.41) is 0. The molecule has 0 amide bonds. The van der Waals surface area contributed by atoms with Crippen molar-refractivity contribution < 1.29 is 36.3 Å². The van der Waals surface area contributed by atoms with Crippen molar-refractivity contribution in [3.63, 3.8) is 0 Å². The highest BCUT2D eigenvalue weighted by Gasteiger charge is 2.40. The highest BCUT2D eigenvalue weighted by Crippen LogP contribution is 2.59. The third kappa shape index (κ3) is 9.31. The minimum Gasteiger partial charge on any atom is -0.400 e. The van der Waals surface area contributed by atoms with E-state index in [0.29, 0.717) is 0 Å². The van der Waals surface area contributed by atoms with Crippen LogP contribution in [0.15, 0.2) is 24.3 Å². The van der Waals surface area contributed by atoms with Gasteiger partial charge in [-0.2, -0.15) is 0 Å². The molecular weight excluding hydrogens is 550 g/mol. The van der Waals surface area contributed by atoms with Gasteiger partial charge < -0.3 is 9.05 Å². The maximum Gasteiger partial charge on any atom is 0.530 e. The van der Waals surface area contributed by atoms with Crippen molar-refractivity contribution in [2.75, 3.05) is 0 Å². The number of phosphoric acid groups is 2. The third-order valence-corrected chi connectivity index (χ3v) is 11.7. The van der Waals surface area contributed by atoms with E-state index in [2.05, 4.69) is 0 Å². The second-order valence-electron chi connectivity index (χ2n) is 12.0. The van der Waals surface area contributed by atoms with Crippen LogP contribution >= 0.6 is 15.6 Å². The molecule has 0 aliphatic heterocycles. The van der Waals surface area contributed by atoms with Gasteiger partial charge in [-0.3, -0.25) is 18.1 Å². The third-order valence-electron chi connectivity index (χ3n) is 8.59. The van der Waals surface area contributed by atoms with Crippen molar-refractivity contribution in [2.45, 2.75) is 153 Å². The summed E-state index contributed by atoms with van der Waals surface area (Å²) in [4.78, 5) is 0.